The topological polar surface area (TPSA) is 0 Å². The maximum absolute atomic E-state index is 3.21. The van der Waals surface area contributed by atoms with Crippen molar-refractivity contribution >= 4 is 0 Å². The Bertz CT molecular complexity index is 250. The zero-order valence-electron chi connectivity index (χ0n) is 9.55. The van der Waals surface area contributed by atoms with Gasteiger partial charge in [0, 0.05) is 0 Å². The Balaban J connectivity index is 0.000000245. The molecule has 15 heavy (non-hydrogen) atoms. The van der Waals surface area contributed by atoms with Crippen LogP contribution in [-0.4, -0.2) is 0 Å². The number of hydrogen-bond acceptors (Lipinski definition) is 0. The van der Waals surface area contributed by atoms with Crippen LogP contribution >= 0.6 is 0 Å². The molecule has 2 aliphatic carbocycles. The molecule has 0 nitrogen and oxygen atoms in total. The van der Waals surface area contributed by atoms with Gasteiger partial charge in [0.1, 0.15) is 0 Å². The van der Waals surface area contributed by atoms with E-state index in [9.17, 15) is 0 Å². The van der Waals surface area contributed by atoms with E-state index in [0.717, 1.165) is 25.7 Å². The molecule has 0 bridgehead atoms. The normalized spacial score (nSPS) is 16.4. The van der Waals surface area contributed by atoms with E-state index >= 15 is 0 Å². The molecule has 0 fully saturated rings. The molecule has 0 aromatic carbocycles. The van der Waals surface area contributed by atoms with Gasteiger partial charge in [0.05, 0.1) is 0 Å². The fraction of sp³-hybridized carbons (Fsp3) is 0.429. The summed E-state index contributed by atoms with van der Waals surface area (Å²) < 4.78 is 0. The molecule has 1 heteroatoms. The van der Waals surface area contributed by atoms with Crippen molar-refractivity contribution in [1.82, 2.24) is 0 Å². The first-order valence-electron chi connectivity index (χ1n) is 5.39. The Morgan fingerprint density at radius 3 is 1.47 bits per heavy atom. The van der Waals surface area contributed by atoms with Crippen molar-refractivity contribution in [3.63, 3.8) is 0 Å². The molecular weight excluding hydrogens is 352 g/mol. The predicted molar refractivity (Wildman–Crippen MR) is 61.6 cm³/mol. The molecule has 0 spiro atoms. The van der Waals surface area contributed by atoms with Gasteiger partial charge in [0.2, 0.25) is 0 Å². The monoisotopic (exact) mass is 370 g/mol. The largest absolute Gasteiger partial charge is 2.00 e. The standard InChI is InChI=1S/2C7H9.W/c2*1-2-7-5-3-4-6-7;/h2*3,5H,2,4H2,1H3;/q2*-1;+2. The van der Waals surface area contributed by atoms with Crippen LogP contribution in [0, 0.1) is 12.2 Å². The van der Waals surface area contributed by atoms with Crippen molar-refractivity contribution in [3.05, 3.63) is 47.6 Å². The van der Waals surface area contributed by atoms with E-state index in [2.05, 4.69) is 50.3 Å². The van der Waals surface area contributed by atoms with Gasteiger partial charge in [-0.2, -0.15) is 12.2 Å². The van der Waals surface area contributed by atoms with Crippen LogP contribution in [0.4, 0.5) is 0 Å². The van der Waals surface area contributed by atoms with Crippen LogP contribution in [0.15, 0.2) is 35.5 Å². The summed E-state index contributed by atoms with van der Waals surface area (Å²) in [5.74, 6) is 0. The van der Waals surface area contributed by atoms with Gasteiger partial charge >= 0.3 is 21.1 Å². The fourth-order valence-corrected chi connectivity index (χ4v) is 1.39. The van der Waals surface area contributed by atoms with Gasteiger partial charge < -0.3 is 0 Å². The minimum absolute atomic E-state index is 0. The van der Waals surface area contributed by atoms with Gasteiger partial charge in [-0.3, -0.25) is 12.2 Å². The third-order valence-corrected chi connectivity index (χ3v) is 2.29. The van der Waals surface area contributed by atoms with Crippen molar-refractivity contribution < 1.29 is 21.1 Å². The Morgan fingerprint density at radius 2 is 1.33 bits per heavy atom. The van der Waals surface area contributed by atoms with E-state index in [-0.39, 0.29) is 21.1 Å². The number of allylic oxidation sites excluding steroid dienone is 8. The number of hydrogen-bond donors (Lipinski definition) is 0. The summed E-state index contributed by atoms with van der Waals surface area (Å²) in [6.45, 7) is 4.30. The van der Waals surface area contributed by atoms with E-state index in [4.69, 9.17) is 0 Å². The summed E-state index contributed by atoms with van der Waals surface area (Å²) in [6, 6.07) is 0. The van der Waals surface area contributed by atoms with Crippen LogP contribution in [0.5, 0.6) is 0 Å². The Morgan fingerprint density at radius 1 is 0.933 bits per heavy atom. The van der Waals surface area contributed by atoms with Gasteiger partial charge in [0.15, 0.2) is 0 Å². The SMILES string of the molecule is CCC1=[C-]CC=C1.CCC1=[C-]CC=C1.[W+2]. The summed E-state index contributed by atoms with van der Waals surface area (Å²) in [6.07, 6.45) is 19.3. The average molecular weight is 370 g/mol. The average Bonchev–Trinajstić information content (AvgIpc) is 2.92. The van der Waals surface area contributed by atoms with Crippen molar-refractivity contribution in [1.29, 1.82) is 0 Å². The molecule has 0 radical (unpaired) electrons. The molecule has 0 atom stereocenters. The minimum Gasteiger partial charge on any atom is -0.270 e. The smallest absolute Gasteiger partial charge is 0.270 e. The second-order valence-corrected chi connectivity index (χ2v) is 3.32. The molecule has 0 unspecified atom stereocenters. The second-order valence-electron chi connectivity index (χ2n) is 3.32. The van der Waals surface area contributed by atoms with Gasteiger partial charge in [-0.15, -0.1) is 12.8 Å². The van der Waals surface area contributed by atoms with E-state index in [1.807, 2.05) is 0 Å². The van der Waals surface area contributed by atoms with Crippen LogP contribution in [0.2, 0.25) is 0 Å². The van der Waals surface area contributed by atoms with E-state index in [1.54, 1.807) is 0 Å². The molecule has 0 N–H and O–H groups in total. The Kier molecular flexibility index (Phi) is 8.71. The van der Waals surface area contributed by atoms with E-state index in [0.29, 0.717) is 0 Å². The molecule has 2 rings (SSSR count). The fourth-order valence-electron chi connectivity index (χ4n) is 1.39. The third-order valence-electron chi connectivity index (χ3n) is 2.29. The zero-order valence-corrected chi connectivity index (χ0v) is 12.5. The molecule has 0 amide bonds. The first-order chi connectivity index (χ1) is 6.86. The molecular formula is C14H18W. The van der Waals surface area contributed by atoms with Gasteiger partial charge in [-0.05, 0) is 0 Å². The summed E-state index contributed by atoms with van der Waals surface area (Å²) in [7, 11) is 0. The van der Waals surface area contributed by atoms with Gasteiger partial charge in [-0.25, -0.2) is 23.3 Å². The summed E-state index contributed by atoms with van der Waals surface area (Å²) >= 11 is 0. The van der Waals surface area contributed by atoms with Crippen LogP contribution < -0.4 is 0 Å². The predicted octanol–water partition coefficient (Wildman–Crippen LogP) is 4.17. The van der Waals surface area contributed by atoms with Crippen LogP contribution in [0.3, 0.4) is 0 Å². The first-order valence-corrected chi connectivity index (χ1v) is 5.39. The molecule has 0 aromatic rings. The van der Waals surface area contributed by atoms with Crippen LogP contribution in [-0.2, 0) is 21.1 Å². The van der Waals surface area contributed by atoms with E-state index in [1.165, 1.54) is 11.1 Å². The van der Waals surface area contributed by atoms with Crippen molar-refractivity contribution in [3.8, 4) is 0 Å². The maximum atomic E-state index is 3.21. The minimum atomic E-state index is 0. The quantitative estimate of drug-likeness (QED) is 0.641. The Labute approximate surface area is 108 Å². The van der Waals surface area contributed by atoms with Crippen molar-refractivity contribution in [2.24, 2.45) is 0 Å². The molecule has 80 valence electrons. The number of rotatable bonds is 2. The zero-order chi connectivity index (χ0) is 10.2. The van der Waals surface area contributed by atoms with Gasteiger partial charge in [0.25, 0.3) is 0 Å². The third kappa shape index (κ3) is 5.95. The van der Waals surface area contributed by atoms with Crippen LogP contribution in [0.1, 0.15) is 39.5 Å². The summed E-state index contributed by atoms with van der Waals surface area (Å²) in [4.78, 5) is 0. The van der Waals surface area contributed by atoms with Crippen LogP contribution in [0.25, 0.3) is 0 Å². The molecule has 2 aliphatic rings. The van der Waals surface area contributed by atoms with E-state index < -0.39 is 0 Å². The molecule has 0 aliphatic heterocycles. The Hall–Kier alpha value is -0.352. The van der Waals surface area contributed by atoms with Crippen molar-refractivity contribution in [2.75, 3.05) is 0 Å². The molecule has 0 saturated carbocycles. The molecule has 0 saturated heterocycles. The van der Waals surface area contributed by atoms with Crippen molar-refractivity contribution in [2.45, 2.75) is 39.5 Å². The molecule has 0 heterocycles. The summed E-state index contributed by atoms with van der Waals surface area (Å²) in [5.41, 5.74) is 2.72. The molecule has 0 aromatic heterocycles. The maximum Gasteiger partial charge on any atom is 2.00 e. The first kappa shape index (κ1) is 14.6. The second kappa shape index (κ2) is 8.92. The summed E-state index contributed by atoms with van der Waals surface area (Å²) in [5, 5.41) is 0. The van der Waals surface area contributed by atoms with Gasteiger partial charge in [-0.1, -0.05) is 26.7 Å².